The summed E-state index contributed by atoms with van der Waals surface area (Å²) in [5.74, 6) is 2.02. The summed E-state index contributed by atoms with van der Waals surface area (Å²) in [6.07, 6.45) is 2.43. The zero-order valence-corrected chi connectivity index (χ0v) is 12.1. The van der Waals surface area contributed by atoms with Gasteiger partial charge in [-0.15, -0.1) is 0 Å². The van der Waals surface area contributed by atoms with Crippen LogP contribution in [0.3, 0.4) is 0 Å². The van der Waals surface area contributed by atoms with Crippen molar-refractivity contribution in [3.05, 3.63) is 0 Å². The second kappa shape index (κ2) is 4.55. The van der Waals surface area contributed by atoms with Gasteiger partial charge in [-0.1, -0.05) is 34.6 Å². The van der Waals surface area contributed by atoms with E-state index in [-0.39, 0.29) is 11.0 Å². The van der Waals surface area contributed by atoms with E-state index in [9.17, 15) is 0 Å². The van der Waals surface area contributed by atoms with Gasteiger partial charge in [0.25, 0.3) is 0 Å². The monoisotopic (exact) mass is 240 g/mol. The Kier molecular flexibility index (Phi) is 3.57. The number of ether oxygens (including phenoxy) is 2. The van der Waals surface area contributed by atoms with Crippen LogP contribution in [-0.2, 0) is 9.47 Å². The molecule has 100 valence electrons. The quantitative estimate of drug-likeness (QED) is 0.698. The van der Waals surface area contributed by atoms with E-state index in [2.05, 4.69) is 34.6 Å². The van der Waals surface area contributed by atoms with Crippen LogP contribution < -0.4 is 0 Å². The first-order valence-corrected chi connectivity index (χ1v) is 7.08. The summed E-state index contributed by atoms with van der Waals surface area (Å²) in [6.45, 7) is 14.3. The molecule has 0 bridgehead atoms. The van der Waals surface area contributed by atoms with Crippen LogP contribution in [0, 0.1) is 23.2 Å². The molecule has 17 heavy (non-hydrogen) atoms. The Balaban J connectivity index is 2.19. The van der Waals surface area contributed by atoms with E-state index >= 15 is 0 Å². The molecular weight excluding hydrogens is 212 g/mol. The lowest BCUT2D eigenvalue weighted by molar-refractivity contribution is -0.218. The highest BCUT2D eigenvalue weighted by Gasteiger charge is 2.51. The van der Waals surface area contributed by atoms with Crippen molar-refractivity contribution < 1.29 is 9.47 Å². The van der Waals surface area contributed by atoms with Crippen LogP contribution in [0.2, 0.25) is 0 Å². The predicted octanol–water partition coefficient (Wildman–Crippen LogP) is 3.50. The fraction of sp³-hybridized carbons (Fsp3) is 1.00. The third kappa shape index (κ3) is 2.26. The molecule has 0 aromatic heterocycles. The van der Waals surface area contributed by atoms with Gasteiger partial charge in [-0.25, -0.2) is 0 Å². The Bertz CT molecular complexity index is 267. The molecule has 2 rings (SSSR count). The highest BCUT2D eigenvalue weighted by Crippen LogP contribution is 2.49. The van der Waals surface area contributed by atoms with Crippen LogP contribution in [0.15, 0.2) is 0 Å². The van der Waals surface area contributed by atoms with Crippen molar-refractivity contribution in [2.45, 2.75) is 53.1 Å². The minimum atomic E-state index is 0.0471. The molecular formula is C15H28O2. The maximum atomic E-state index is 6.38. The van der Waals surface area contributed by atoms with Gasteiger partial charge < -0.3 is 9.47 Å². The van der Waals surface area contributed by atoms with Crippen molar-refractivity contribution in [3.63, 3.8) is 0 Å². The third-order valence-electron chi connectivity index (χ3n) is 4.95. The van der Waals surface area contributed by atoms with Crippen molar-refractivity contribution in [1.29, 1.82) is 0 Å². The summed E-state index contributed by atoms with van der Waals surface area (Å²) >= 11 is 0. The van der Waals surface area contributed by atoms with Crippen LogP contribution in [0.1, 0.15) is 47.5 Å². The summed E-state index contributed by atoms with van der Waals surface area (Å²) in [7, 11) is 0. The molecule has 2 saturated heterocycles. The standard InChI is InChI=1S/C15H28O2/c1-11(2)15(14(3,4)5)8-12-6-7-16-9-13(12)10-17-15/h11-13H,6-10H2,1-5H3. The van der Waals surface area contributed by atoms with Crippen molar-refractivity contribution >= 4 is 0 Å². The van der Waals surface area contributed by atoms with E-state index < -0.39 is 0 Å². The van der Waals surface area contributed by atoms with Gasteiger partial charge in [-0.05, 0) is 30.1 Å². The predicted molar refractivity (Wildman–Crippen MR) is 70.0 cm³/mol. The first kappa shape index (κ1) is 13.4. The van der Waals surface area contributed by atoms with Crippen molar-refractivity contribution in [3.8, 4) is 0 Å². The molecule has 2 aliphatic rings. The molecule has 3 unspecified atom stereocenters. The molecule has 0 aromatic carbocycles. The Morgan fingerprint density at radius 1 is 1.12 bits per heavy atom. The zero-order chi connectivity index (χ0) is 12.7. The largest absolute Gasteiger partial charge is 0.381 e. The fourth-order valence-corrected chi connectivity index (χ4v) is 3.79. The molecule has 0 N–H and O–H groups in total. The fourth-order valence-electron chi connectivity index (χ4n) is 3.79. The number of hydrogen-bond donors (Lipinski definition) is 0. The highest BCUT2D eigenvalue weighted by molar-refractivity contribution is 5.00. The zero-order valence-electron chi connectivity index (χ0n) is 12.1. The second-order valence-electron chi connectivity index (χ2n) is 7.19. The number of hydrogen-bond acceptors (Lipinski definition) is 2. The Morgan fingerprint density at radius 2 is 1.82 bits per heavy atom. The maximum Gasteiger partial charge on any atom is 0.0756 e. The Morgan fingerprint density at radius 3 is 2.41 bits per heavy atom. The van der Waals surface area contributed by atoms with Gasteiger partial charge in [0, 0.05) is 12.5 Å². The topological polar surface area (TPSA) is 18.5 Å². The normalized spacial score (nSPS) is 39.2. The number of fused-ring (bicyclic) bond motifs is 1. The summed E-state index contributed by atoms with van der Waals surface area (Å²) < 4.78 is 12.0. The average Bonchev–Trinajstić information content (AvgIpc) is 2.26. The van der Waals surface area contributed by atoms with E-state index in [0.29, 0.717) is 11.8 Å². The first-order chi connectivity index (χ1) is 7.87. The van der Waals surface area contributed by atoms with E-state index in [0.717, 1.165) is 25.7 Å². The smallest absolute Gasteiger partial charge is 0.0756 e. The van der Waals surface area contributed by atoms with Gasteiger partial charge in [0.1, 0.15) is 0 Å². The molecule has 0 spiro atoms. The van der Waals surface area contributed by atoms with Gasteiger partial charge >= 0.3 is 0 Å². The van der Waals surface area contributed by atoms with Gasteiger partial charge in [-0.2, -0.15) is 0 Å². The SMILES string of the molecule is CC(C)C1(C(C)(C)C)CC2CCOCC2CO1. The molecule has 2 heteroatoms. The second-order valence-corrected chi connectivity index (χ2v) is 7.19. The molecule has 2 nitrogen and oxygen atoms in total. The summed E-state index contributed by atoms with van der Waals surface area (Å²) in [5.41, 5.74) is 0.260. The Labute approximate surface area is 106 Å². The number of rotatable bonds is 1. The molecule has 0 aromatic rings. The molecule has 0 radical (unpaired) electrons. The third-order valence-corrected chi connectivity index (χ3v) is 4.95. The summed E-state index contributed by atoms with van der Waals surface area (Å²) in [6, 6.07) is 0. The van der Waals surface area contributed by atoms with Crippen LogP contribution >= 0.6 is 0 Å². The van der Waals surface area contributed by atoms with Crippen molar-refractivity contribution in [2.75, 3.05) is 19.8 Å². The van der Waals surface area contributed by atoms with E-state index in [1.54, 1.807) is 0 Å². The van der Waals surface area contributed by atoms with Crippen LogP contribution in [0.25, 0.3) is 0 Å². The molecule has 3 atom stereocenters. The minimum absolute atomic E-state index is 0.0471. The van der Waals surface area contributed by atoms with E-state index in [1.807, 2.05) is 0 Å². The van der Waals surface area contributed by atoms with Gasteiger partial charge in [0.2, 0.25) is 0 Å². The molecule has 2 fully saturated rings. The van der Waals surface area contributed by atoms with E-state index in [4.69, 9.17) is 9.47 Å². The average molecular weight is 240 g/mol. The van der Waals surface area contributed by atoms with Gasteiger partial charge in [0.05, 0.1) is 18.8 Å². The van der Waals surface area contributed by atoms with Gasteiger partial charge in [-0.3, -0.25) is 0 Å². The summed E-state index contributed by atoms with van der Waals surface area (Å²) in [4.78, 5) is 0. The lowest BCUT2D eigenvalue weighted by Crippen LogP contribution is -2.57. The van der Waals surface area contributed by atoms with Crippen molar-refractivity contribution in [1.82, 2.24) is 0 Å². The Hall–Kier alpha value is -0.0800. The maximum absolute atomic E-state index is 6.38. The molecule has 2 heterocycles. The lowest BCUT2D eigenvalue weighted by Gasteiger charge is -2.55. The molecule has 0 amide bonds. The highest BCUT2D eigenvalue weighted by atomic mass is 16.5. The van der Waals surface area contributed by atoms with Gasteiger partial charge in [0.15, 0.2) is 0 Å². The van der Waals surface area contributed by atoms with Crippen LogP contribution in [-0.4, -0.2) is 25.4 Å². The molecule has 0 aliphatic carbocycles. The van der Waals surface area contributed by atoms with E-state index in [1.165, 1.54) is 12.8 Å². The summed E-state index contributed by atoms with van der Waals surface area (Å²) in [5, 5.41) is 0. The molecule has 0 saturated carbocycles. The van der Waals surface area contributed by atoms with Crippen molar-refractivity contribution in [2.24, 2.45) is 23.2 Å². The first-order valence-electron chi connectivity index (χ1n) is 7.08. The van der Waals surface area contributed by atoms with Crippen LogP contribution in [0.4, 0.5) is 0 Å². The minimum Gasteiger partial charge on any atom is -0.381 e. The van der Waals surface area contributed by atoms with Crippen LogP contribution in [0.5, 0.6) is 0 Å². The molecule has 2 aliphatic heterocycles. The lowest BCUT2D eigenvalue weighted by atomic mass is 9.62.